The second-order valence-electron chi connectivity index (χ2n) is 11.9. The predicted octanol–water partition coefficient (Wildman–Crippen LogP) is 3.51. The third-order valence-electron chi connectivity index (χ3n) is 8.62. The van der Waals surface area contributed by atoms with Gasteiger partial charge in [-0.15, -0.1) is 0 Å². The van der Waals surface area contributed by atoms with Crippen LogP contribution in [0.3, 0.4) is 0 Å². The number of hydrogen-bond acceptors (Lipinski definition) is 8. The number of quaternary nitrogens is 1. The summed E-state index contributed by atoms with van der Waals surface area (Å²) in [4.78, 5) is 29.0. The Hall–Kier alpha value is -4.64. The summed E-state index contributed by atoms with van der Waals surface area (Å²) in [7, 11) is 2.16. The van der Waals surface area contributed by atoms with Crippen LogP contribution < -0.4 is 15.8 Å². The van der Waals surface area contributed by atoms with E-state index in [1.165, 1.54) is 11.9 Å². The number of hydrogen-bond donors (Lipinski definition) is 3. The van der Waals surface area contributed by atoms with E-state index in [4.69, 9.17) is 15.9 Å². The summed E-state index contributed by atoms with van der Waals surface area (Å²) < 4.78 is 5.91. The average Bonchev–Trinajstić information content (AvgIpc) is 3.07. The van der Waals surface area contributed by atoms with E-state index in [2.05, 4.69) is 38.9 Å². The lowest BCUT2D eigenvalue weighted by Gasteiger charge is -2.32. The first kappa shape index (κ1) is 30.4. The Morgan fingerprint density at radius 1 is 0.911 bits per heavy atom. The van der Waals surface area contributed by atoms with Crippen molar-refractivity contribution in [3.8, 4) is 11.5 Å². The summed E-state index contributed by atoms with van der Waals surface area (Å²) in [6.07, 6.45) is 3.25. The number of piperazine rings is 1. The molecule has 3 heterocycles. The van der Waals surface area contributed by atoms with Gasteiger partial charge in [0.1, 0.15) is 35.2 Å². The van der Waals surface area contributed by atoms with Crippen molar-refractivity contribution < 1.29 is 14.8 Å². The molecule has 10 heteroatoms. The number of aromatic nitrogens is 2. The van der Waals surface area contributed by atoms with Gasteiger partial charge in [-0.3, -0.25) is 20.4 Å². The van der Waals surface area contributed by atoms with Crippen LogP contribution in [-0.2, 0) is 6.54 Å². The molecule has 2 aliphatic heterocycles. The molecule has 6 rings (SSSR count). The summed E-state index contributed by atoms with van der Waals surface area (Å²) in [5, 5.41) is 11.0. The number of piperidine rings is 1. The van der Waals surface area contributed by atoms with Crippen LogP contribution in [0.1, 0.15) is 39.9 Å². The normalized spacial score (nSPS) is 17.6. The van der Waals surface area contributed by atoms with E-state index in [1.807, 2.05) is 76.9 Å². The summed E-state index contributed by atoms with van der Waals surface area (Å²) in [6, 6.07) is 25.1. The van der Waals surface area contributed by atoms with Gasteiger partial charge in [-0.05, 0) is 67.6 Å². The second-order valence-corrected chi connectivity index (χ2v) is 11.9. The Bertz CT molecular complexity index is 1600. The van der Waals surface area contributed by atoms with E-state index in [0.717, 1.165) is 57.9 Å². The number of rotatable bonds is 9. The first-order valence-electron chi connectivity index (χ1n) is 15.6. The molecule has 0 bridgehead atoms. The zero-order valence-corrected chi connectivity index (χ0v) is 25.7. The monoisotopic (exact) mass is 605 g/mol. The molecule has 0 spiro atoms. The van der Waals surface area contributed by atoms with Crippen LogP contribution >= 0.6 is 0 Å². The van der Waals surface area contributed by atoms with Crippen molar-refractivity contribution >= 4 is 23.3 Å². The first-order chi connectivity index (χ1) is 21.9. The molecule has 0 aliphatic carbocycles. The van der Waals surface area contributed by atoms with E-state index >= 15 is 0 Å². The molecule has 4 aromatic rings. The Balaban J connectivity index is 1.09. The Labute approximate surface area is 264 Å². The molecule has 2 fully saturated rings. The smallest absolute Gasteiger partial charge is 0.254 e. The zero-order chi connectivity index (χ0) is 31.2. The van der Waals surface area contributed by atoms with Crippen LogP contribution in [-0.4, -0.2) is 88.6 Å². The van der Waals surface area contributed by atoms with E-state index in [9.17, 15) is 4.79 Å². The lowest BCUT2D eigenvalue weighted by Crippen LogP contribution is -2.88. The minimum Gasteiger partial charge on any atom is -0.457 e. The fraction of sp³-hybridized carbons (Fsp3) is 0.314. The SMILES string of the molecule is CN1CCN(Cc2ccc(C(=O)N3CCC[C@@H]([NH2+]c4ncnc(N)c4C(=N)c4ccc(Oc5ccccc5)cc4)C3)cc2)CC1. The third kappa shape index (κ3) is 7.54. The number of nitrogens with one attached hydrogen (secondary N) is 1. The molecule has 2 saturated heterocycles. The lowest BCUT2D eigenvalue weighted by atomic mass is 10.0. The molecule has 232 valence electrons. The molecule has 0 saturated carbocycles. The standard InChI is InChI=1S/C35H40N8O2/c1-41-18-20-42(21-19-41)22-25-9-11-27(12-10-25)35(44)43-17-5-6-28(23-43)40-34-31(33(37)38-24-39-34)32(36)26-13-15-30(16-14-26)45-29-7-3-2-4-8-29/h2-4,7-16,24,28,36H,5-6,17-23H2,1H3,(H3,37,38,39,40)/p+1/t28-/m1/s1. The van der Waals surface area contributed by atoms with Crippen molar-refractivity contribution in [1.82, 2.24) is 24.7 Å². The molecule has 0 unspecified atom stereocenters. The number of nitrogens with two attached hydrogens (primary N) is 2. The molecular weight excluding hydrogens is 564 g/mol. The maximum Gasteiger partial charge on any atom is 0.254 e. The number of carbonyl (C=O) groups excluding carboxylic acids is 1. The number of nitrogens with zero attached hydrogens (tertiary/aromatic N) is 5. The van der Waals surface area contributed by atoms with Crippen LogP contribution in [0, 0.1) is 5.41 Å². The number of para-hydroxylation sites is 1. The predicted molar refractivity (Wildman–Crippen MR) is 175 cm³/mol. The first-order valence-corrected chi connectivity index (χ1v) is 15.6. The number of likely N-dealkylation sites (N-methyl/N-ethyl adjacent to an activating group) is 1. The van der Waals surface area contributed by atoms with E-state index in [-0.39, 0.29) is 23.5 Å². The van der Waals surface area contributed by atoms with Gasteiger partial charge in [0.2, 0.25) is 5.82 Å². The van der Waals surface area contributed by atoms with E-state index < -0.39 is 0 Å². The van der Waals surface area contributed by atoms with Gasteiger partial charge in [-0.25, -0.2) is 4.98 Å². The Morgan fingerprint density at radius 3 is 2.33 bits per heavy atom. The van der Waals surface area contributed by atoms with Crippen molar-refractivity contribution in [3.05, 3.63) is 107 Å². The van der Waals surface area contributed by atoms with E-state index in [1.54, 1.807) is 0 Å². The molecule has 3 aromatic carbocycles. The van der Waals surface area contributed by atoms with Crippen molar-refractivity contribution in [1.29, 1.82) is 5.41 Å². The molecule has 1 atom stereocenters. The highest BCUT2D eigenvalue weighted by molar-refractivity contribution is 6.15. The van der Waals surface area contributed by atoms with Crippen molar-refractivity contribution in [2.24, 2.45) is 0 Å². The van der Waals surface area contributed by atoms with Gasteiger partial charge in [0, 0.05) is 56.8 Å². The highest BCUT2D eigenvalue weighted by atomic mass is 16.5. The number of benzene rings is 3. The largest absolute Gasteiger partial charge is 0.457 e. The second kappa shape index (κ2) is 14.0. The fourth-order valence-corrected chi connectivity index (χ4v) is 6.01. The van der Waals surface area contributed by atoms with Crippen LogP contribution in [0.2, 0.25) is 0 Å². The Kier molecular flexibility index (Phi) is 9.44. The highest BCUT2D eigenvalue weighted by Crippen LogP contribution is 2.24. The average molecular weight is 606 g/mol. The molecule has 1 amide bonds. The van der Waals surface area contributed by atoms with Gasteiger partial charge in [0.25, 0.3) is 5.91 Å². The summed E-state index contributed by atoms with van der Waals surface area (Å²) in [6.45, 7) is 6.53. The topological polar surface area (TPSA) is 128 Å². The molecule has 0 radical (unpaired) electrons. The molecule has 2 aliphatic rings. The van der Waals surface area contributed by atoms with E-state index in [0.29, 0.717) is 34.8 Å². The van der Waals surface area contributed by atoms with Crippen molar-refractivity contribution in [2.75, 3.05) is 52.0 Å². The Morgan fingerprint density at radius 2 is 1.60 bits per heavy atom. The quantitative estimate of drug-likeness (QED) is 0.249. The third-order valence-corrected chi connectivity index (χ3v) is 8.62. The summed E-state index contributed by atoms with van der Waals surface area (Å²) in [5.74, 6) is 2.35. The number of likely N-dealkylation sites (tertiary alicyclic amines) is 1. The fourth-order valence-electron chi connectivity index (χ4n) is 6.01. The van der Waals surface area contributed by atoms with Gasteiger partial charge in [-0.2, -0.15) is 4.98 Å². The van der Waals surface area contributed by atoms with Crippen LogP contribution in [0.5, 0.6) is 11.5 Å². The number of ether oxygens (including phenoxy) is 1. The van der Waals surface area contributed by atoms with Crippen LogP contribution in [0.4, 0.5) is 11.6 Å². The van der Waals surface area contributed by atoms with Gasteiger partial charge >= 0.3 is 0 Å². The number of carbonyl (C=O) groups is 1. The van der Waals surface area contributed by atoms with Gasteiger partial charge < -0.3 is 20.3 Å². The van der Waals surface area contributed by atoms with Gasteiger partial charge in [0.05, 0.1) is 12.3 Å². The van der Waals surface area contributed by atoms with Crippen LogP contribution in [0.25, 0.3) is 0 Å². The minimum atomic E-state index is 0.0484. The van der Waals surface area contributed by atoms with Gasteiger partial charge in [-0.1, -0.05) is 30.3 Å². The molecule has 45 heavy (non-hydrogen) atoms. The van der Waals surface area contributed by atoms with Gasteiger partial charge in [0.15, 0.2) is 0 Å². The molecule has 5 N–H and O–H groups in total. The van der Waals surface area contributed by atoms with Crippen molar-refractivity contribution in [2.45, 2.75) is 25.4 Å². The molecular formula is C35H41N8O2+. The zero-order valence-electron chi connectivity index (χ0n) is 25.7. The van der Waals surface area contributed by atoms with Crippen LogP contribution in [0.15, 0.2) is 85.2 Å². The number of anilines is 1. The lowest BCUT2D eigenvalue weighted by molar-refractivity contribution is -0.616. The highest BCUT2D eigenvalue weighted by Gasteiger charge is 2.29. The van der Waals surface area contributed by atoms with Crippen molar-refractivity contribution in [3.63, 3.8) is 0 Å². The minimum absolute atomic E-state index is 0.0484. The molecule has 10 nitrogen and oxygen atoms in total. The number of amides is 1. The maximum atomic E-state index is 13.5. The molecule has 1 aromatic heterocycles. The number of nitrogen functional groups attached to an aromatic ring is 1. The summed E-state index contributed by atoms with van der Waals surface area (Å²) >= 11 is 0. The maximum absolute atomic E-state index is 13.5. The summed E-state index contributed by atoms with van der Waals surface area (Å²) in [5.41, 5.74) is 9.68.